The highest BCUT2D eigenvalue weighted by Crippen LogP contribution is 2.34. The van der Waals surface area contributed by atoms with Gasteiger partial charge in [0.15, 0.2) is 0 Å². The number of hydrogen-bond donors (Lipinski definition) is 2. The number of hydrogen-bond acceptors (Lipinski definition) is 5. The van der Waals surface area contributed by atoms with Crippen molar-refractivity contribution in [2.45, 2.75) is 12.5 Å². The molecule has 0 aliphatic carbocycles. The van der Waals surface area contributed by atoms with Gasteiger partial charge in [-0.2, -0.15) is 0 Å². The summed E-state index contributed by atoms with van der Waals surface area (Å²) in [5.74, 6) is -0.139. The van der Waals surface area contributed by atoms with E-state index in [1.54, 1.807) is 11.0 Å². The Morgan fingerprint density at radius 3 is 3.17 bits per heavy atom. The van der Waals surface area contributed by atoms with Crippen molar-refractivity contribution in [3.05, 3.63) is 34.2 Å². The molecule has 2 aliphatic heterocycles. The van der Waals surface area contributed by atoms with E-state index in [9.17, 15) is 14.7 Å². The van der Waals surface area contributed by atoms with Crippen LogP contribution >= 0.6 is 11.3 Å². The van der Waals surface area contributed by atoms with Crippen LogP contribution in [0.1, 0.15) is 25.6 Å². The summed E-state index contributed by atoms with van der Waals surface area (Å²) in [5, 5.41) is 13.7. The summed E-state index contributed by atoms with van der Waals surface area (Å²) >= 11 is 1.47. The number of fused-ring (bicyclic) bond motifs is 3. The fourth-order valence-electron chi connectivity index (χ4n) is 3.25. The molecule has 126 valence electrons. The number of aliphatic hydroxyl groups is 1. The van der Waals surface area contributed by atoms with E-state index >= 15 is 0 Å². The summed E-state index contributed by atoms with van der Waals surface area (Å²) in [7, 11) is 0. The van der Waals surface area contributed by atoms with E-state index in [0.717, 1.165) is 26.9 Å². The SMILES string of the molecule is O=C1NCCc2c1sc1ccc(C(=O)N3CCOCC(O)C3)cc21. The molecule has 0 radical (unpaired) electrons. The molecule has 24 heavy (non-hydrogen) atoms. The maximum absolute atomic E-state index is 12.8. The molecule has 1 atom stereocenters. The van der Waals surface area contributed by atoms with Crippen molar-refractivity contribution in [1.29, 1.82) is 0 Å². The predicted octanol–water partition coefficient (Wildman–Crippen LogP) is 1.02. The van der Waals surface area contributed by atoms with Crippen molar-refractivity contribution in [3.8, 4) is 0 Å². The van der Waals surface area contributed by atoms with Crippen LogP contribution in [0.25, 0.3) is 10.1 Å². The second kappa shape index (κ2) is 6.16. The highest BCUT2D eigenvalue weighted by atomic mass is 32.1. The highest BCUT2D eigenvalue weighted by Gasteiger charge is 2.25. The van der Waals surface area contributed by atoms with Crippen LogP contribution in [-0.2, 0) is 11.2 Å². The van der Waals surface area contributed by atoms with Crippen LogP contribution in [0.5, 0.6) is 0 Å². The summed E-state index contributed by atoms with van der Waals surface area (Å²) in [4.78, 5) is 27.1. The number of nitrogens with zero attached hydrogens (tertiary/aromatic N) is 1. The molecule has 3 heterocycles. The molecule has 4 rings (SSSR count). The van der Waals surface area contributed by atoms with E-state index in [-0.39, 0.29) is 25.0 Å². The third-order valence-corrected chi connectivity index (χ3v) is 5.65. The van der Waals surface area contributed by atoms with Crippen LogP contribution in [0.15, 0.2) is 18.2 Å². The summed E-state index contributed by atoms with van der Waals surface area (Å²) in [6.45, 7) is 2.07. The first-order chi connectivity index (χ1) is 11.6. The molecule has 0 spiro atoms. The van der Waals surface area contributed by atoms with Crippen LogP contribution in [0.4, 0.5) is 0 Å². The van der Waals surface area contributed by atoms with Gasteiger partial charge in [0.25, 0.3) is 11.8 Å². The Hall–Kier alpha value is -1.96. The number of nitrogens with one attached hydrogen (secondary N) is 1. The zero-order valence-corrected chi connectivity index (χ0v) is 13.9. The van der Waals surface area contributed by atoms with Gasteiger partial charge in [0, 0.05) is 29.9 Å². The smallest absolute Gasteiger partial charge is 0.261 e. The molecule has 2 aliphatic rings. The molecule has 7 heteroatoms. The van der Waals surface area contributed by atoms with Crippen molar-refractivity contribution in [3.63, 3.8) is 0 Å². The van der Waals surface area contributed by atoms with Crippen LogP contribution in [0.2, 0.25) is 0 Å². The normalized spacial score (nSPS) is 21.3. The topological polar surface area (TPSA) is 78.9 Å². The second-order valence-corrected chi connectivity index (χ2v) is 7.16. The fourth-order valence-corrected chi connectivity index (χ4v) is 4.40. The largest absolute Gasteiger partial charge is 0.389 e. The fraction of sp³-hybridized carbons (Fsp3) is 0.412. The Balaban J connectivity index is 1.69. The minimum Gasteiger partial charge on any atom is -0.389 e. The molecule has 0 bridgehead atoms. The van der Waals surface area contributed by atoms with E-state index in [1.165, 1.54) is 11.3 Å². The van der Waals surface area contributed by atoms with Crippen molar-refractivity contribution >= 4 is 33.2 Å². The maximum Gasteiger partial charge on any atom is 0.261 e. The predicted molar refractivity (Wildman–Crippen MR) is 90.6 cm³/mol. The van der Waals surface area contributed by atoms with Crippen LogP contribution in [-0.4, -0.2) is 60.8 Å². The van der Waals surface area contributed by atoms with E-state index in [2.05, 4.69) is 5.32 Å². The molecule has 1 unspecified atom stereocenters. The lowest BCUT2D eigenvalue weighted by Crippen LogP contribution is -2.37. The number of ether oxygens (including phenoxy) is 1. The Labute approximate surface area is 143 Å². The quantitative estimate of drug-likeness (QED) is 0.808. The number of thiophene rings is 1. The van der Waals surface area contributed by atoms with Gasteiger partial charge in [0.2, 0.25) is 0 Å². The maximum atomic E-state index is 12.8. The van der Waals surface area contributed by atoms with Gasteiger partial charge in [-0.05, 0) is 35.6 Å². The molecular formula is C17H18N2O4S. The molecule has 2 N–H and O–H groups in total. The minimum atomic E-state index is -0.655. The van der Waals surface area contributed by atoms with Gasteiger partial charge in [0.1, 0.15) is 0 Å². The van der Waals surface area contributed by atoms with Gasteiger partial charge in [-0.15, -0.1) is 11.3 Å². The molecule has 2 amide bonds. The van der Waals surface area contributed by atoms with Crippen molar-refractivity contribution in [2.24, 2.45) is 0 Å². The zero-order valence-electron chi connectivity index (χ0n) is 13.1. The number of aliphatic hydroxyl groups excluding tert-OH is 1. The van der Waals surface area contributed by atoms with E-state index < -0.39 is 6.10 Å². The minimum absolute atomic E-state index is 0.0295. The van der Waals surface area contributed by atoms with Crippen LogP contribution in [0, 0.1) is 0 Å². The number of β-amino-alcohol motifs (C(OH)–C–C–N with tert-alkyl or cyclic N) is 1. The van der Waals surface area contributed by atoms with Gasteiger partial charge < -0.3 is 20.1 Å². The number of benzene rings is 1. The Morgan fingerprint density at radius 1 is 1.42 bits per heavy atom. The first-order valence-electron chi connectivity index (χ1n) is 8.02. The number of carbonyl (C=O) groups excluding carboxylic acids is 2. The van der Waals surface area contributed by atoms with E-state index in [1.807, 2.05) is 12.1 Å². The molecule has 1 aromatic carbocycles. The van der Waals surface area contributed by atoms with Gasteiger partial charge in [-0.3, -0.25) is 9.59 Å². The Kier molecular flexibility index (Phi) is 3.99. The Bertz CT molecular complexity index is 816. The molecule has 1 fully saturated rings. The summed E-state index contributed by atoms with van der Waals surface area (Å²) in [6, 6.07) is 5.58. The van der Waals surface area contributed by atoms with E-state index in [4.69, 9.17) is 4.74 Å². The highest BCUT2D eigenvalue weighted by molar-refractivity contribution is 7.21. The van der Waals surface area contributed by atoms with Gasteiger partial charge in [0.05, 0.1) is 24.2 Å². The van der Waals surface area contributed by atoms with Crippen molar-refractivity contribution in [1.82, 2.24) is 10.2 Å². The number of carbonyl (C=O) groups is 2. The first-order valence-corrected chi connectivity index (χ1v) is 8.84. The Morgan fingerprint density at radius 2 is 2.29 bits per heavy atom. The molecule has 1 saturated heterocycles. The number of amides is 2. The van der Waals surface area contributed by atoms with Gasteiger partial charge in [-0.25, -0.2) is 0 Å². The van der Waals surface area contributed by atoms with E-state index in [0.29, 0.717) is 25.3 Å². The van der Waals surface area contributed by atoms with Crippen LogP contribution < -0.4 is 5.32 Å². The average Bonchev–Trinajstić information content (AvgIpc) is 2.82. The molecule has 2 aromatic rings. The third-order valence-electron chi connectivity index (χ3n) is 4.44. The first kappa shape index (κ1) is 15.6. The van der Waals surface area contributed by atoms with Gasteiger partial charge >= 0.3 is 0 Å². The lowest BCUT2D eigenvalue weighted by atomic mass is 10.0. The molecule has 6 nitrogen and oxygen atoms in total. The number of rotatable bonds is 1. The summed E-state index contributed by atoms with van der Waals surface area (Å²) in [5.41, 5.74) is 1.62. The molecule has 1 aromatic heterocycles. The second-order valence-electron chi connectivity index (χ2n) is 6.11. The van der Waals surface area contributed by atoms with Gasteiger partial charge in [-0.1, -0.05) is 0 Å². The molecular weight excluding hydrogens is 328 g/mol. The molecule has 0 saturated carbocycles. The summed E-state index contributed by atoms with van der Waals surface area (Å²) in [6.07, 6.45) is 0.132. The average molecular weight is 346 g/mol. The van der Waals surface area contributed by atoms with Crippen molar-refractivity contribution < 1.29 is 19.4 Å². The van der Waals surface area contributed by atoms with Crippen LogP contribution in [0.3, 0.4) is 0 Å². The zero-order chi connectivity index (χ0) is 16.7. The lowest BCUT2D eigenvalue weighted by Gasteiger charge is -2.21. The summed E-state index contributed by atoms with van der Waals surface area (Å²) < 4.78 is 6.30. The third kappa shape index (κ3) is 2.68. The standard InChI is InChI=1S/C17H18N2O4S/c20-11-8-19(5-6-23-9-11)17(22)10-1-2-14-13(7-10)12-3-4-18-16(21)15(12)24-14/h1-2,7,11,20H,3-6,8-9H2,(H,18,21). The lowest BCUT2D eigenvalue weighted by molar-refractivity contribution is 0.0534. The monoisotopic (exact) mass is 346 g/mol. The van der Waals surface area contributed by atoms with Crippen molar-refractivity contribution in [2.75, 3.05) is 32.8 Å².